The van der Waals surface area contributed by atoms with E-state index in [-0.39, 0.29) is 31.1 Å². The fourth-order valence-corrected chi connectivity index (χ4v) is 4.31. The van der Waals surface area contributed by atoms with Crippen molar-refractivity contribution < 1.29 is 28.2 Å². The number of carbonyl (C=O) groups excluding carboxylic acids is 2. The molecule has 0 bridgehead atoms. The lowest BCUT2D eigenvalue weighted by Gasteiger charge is -2.32. The molecule has 29 heavy (non-hydrogen) atoms. The van der Waals surface area contributed by atoms with Gasteiger partial charge in [0.2, 0.25) is 0 Å². The number of hydrogen-bond donors (Lipinski definition) is 1. The summed E-state index contributed by atoms with van der Waals surface area (Å²) < 4.78 is 36.2. The number of carbonyl (C=O) groups is 2. The molecule has 2 aromatic rings. The van der Waals surface area contributed by atoms with Crippen LogP contribution in [0.3, 0.4) is 0 Å². The number of cyclic esters (lactones) is 1. The second-order valence-electron chi connectivity index (χ2n) is 7.06. The highest BCUT2D eigenvalue weighted by molar-refractivity contribution is 14.1. The van der Waals surface area contributed by atoms with Gasteiger partial charge in [-0.15, -0.1) is 0 Å². The molecule has 9 heteroatoms. The Morgan fingerprint density at radius 1 is 1.28 bits per heavy atom. The van der Waals surface area contributed by atoms with Gasteiger partial charge in [0.1, 0.15) is 0 Å². The van der Waals surface area contributed by atoms with Crippen molar-refractivity contribution >= 4 is 45.8 Å². The van der Waals surface area contributed by atoms with Crippen molar-refractivity contribution in [1.82, 2.24) is 4.90 Å². The lowest BCUT2D eigenvalue weighted by Crippen LogP contribution is -2.34. The molecule has 4 rings (SSSR count). The van der Waals surface area contributed by atoms with Gasteiger partial charge in [0, 0.05) is 22.3 Å². The largest absolute Gasteiger partial charge is 0.440 e. The van der Waals surface area contributed by atoms with Gasteiger partial charge in [-0.1, -0.05) is 0 Å². The summed E-state index contributed by atoms with van der Waals surface area (Å²) >= 11 is 2.14. The lowest BCUT2D eigenvalue weighted by atomic mass is 10.0. The number of esters is 1. The highest BCUT2D eigenvalue weighted by atomic mass is 127. The number of rotatable bonds is 2. The first-order chi connectivity index (χ1) is 13.8. The Hall–Kier alpha value is -2.27. The second-order valence-corrected chi connectivity index (χ2v) is 8.31. The fraction of sp³-hybridized carbons (Fsp3) is 0.300. The molecule has 1 unspecified atom stereocenters. The number of β-amino-alcohol motifs (C(OH)–C–C–N with tert-alkyl or cyclic N) is 1. The van der Waals surface area contributed by atoms with Crippen LogP contribution in [-0.4, -0.2) is 47.8 Å². The van der Waals surface area contributed by atoms with E-state index >= 15 is 4.39 Å². The summed E-state index contributed by atoms with van der Waals surface area (Å²) in [5.74, 6) is -4.19. The summed E-state index contributed by atoms with van der Waals surface area (Å²) in [7, 11) is 0. The maximum absolute atomic E-state index is 15.1. The number of benzene rings is 2. The van der Waals surface area contributed by atoms with Gasteiger partial charge in [0.25, 0.3) is 5.91 Å². The highest BCUT2D eigenvalue weighted by Gasteiger charge is 2.36. The van der Waals surface area contributed by atoms with Crippen LogP contribution in [0.25, 0.3) is 0 Å². The Bertz CT molecular complexity index is 1030. The van der Waals surface area contributed by atoms with Gasteiger partial charge in [-0.3, -0.25) is 4.79 Å². The third kappa shape index (κ3) is 3.46. The Balaban J connectivity index is 1.82. The van der Waals surface area contributed by atoms with E-state index in [1.807, 2.05) is 19.1 Å². The van der Waals surface area contributed by atoms with Crippen LogP contribution >= 0.6 is 22.6 Å². The van der Waals surface area contributed by atoms with E-state index in [0.717, 1.165) is 15.2 Å². The van der Waals surface area contributed by atoms with E-state index in [0.29, 0.717) is 12.1 Å². The third-order valence-corrected chi connectivity index (χ3v) is 5.80. The van der Waals surface area contributed by atoms with E-state index in [2.05, 4.69) is 22.6 Å². The minimum Gasteiger partial charge on any atom is -0.440 e. The number of likely N-dealkylation sites (tertiary alicyclic amines) is 1. The normalized spacial score (nSPS) is 18.7. The Labute approximate surface area is 179 Å². The maximum Gasteiger partial charge on any atom is 0.342 e. The number of aryl methyl sites for hydroxylation is 1. The number of amides is 1. The minimum absolute atomic E-state index is 0.0371. The molecule has 2 aliphatic heterocycles. The first kappa shape index (κ1) is 20.0. The molecule has 0 radical (unpaired) electrons. The van der Waals surface area contributed by atoms with Crippen LogP contribution in [0, 0.1) is 22.1 Å². The molecule has 1 saturated heterocycles. The summed E-state index contributed by atoms with van der Waals surface area (Å²) in [5, 5.41) is 9.62. The molecule has 0 aromatic heterocycles. The van der Waals surface area contributed by atoms with Crippen molar-refractivity contribution in [2.75, 3.05) is 24.7 Å². The Kier molecular flexibility index (Phi) is 5.19. The smallest absolute Gasteiger partial charge is 0.342 e. The van der Waals surface area contributed by atoms with Gasteiger partial charge in [0.05, 0.1) is 22.9 Å². The summed E-state index contributed by atoms with van der Waals surface area (Å²) in [4.78, 5) is 27.6. The number of aliphatic hydroxyl groups excluding tert-OH is 1. The Morgan fingerprint density at radius 3 is 2.69 bits per heavy atom. The molecule has 1 N–H and O–H groups in total. The summed E-state index contributed by atoms with van der Waals surface area (Å²) in [6.07, 6.45) is -0.336. The van der Waals surface area contributed by atoms with Crippen molar-refractivity contribution in [3.05, 3.63) is 56.2 Å². The van der Waals surface area contributed by atoms with Gasteiger partial charge in [0.15, 0.2) is 18.4 Å². The summed E-state index contributed by atoms with van der Waals surface area (Å²) in [6, 6.07) is 6.46. The number of fused-ring (bicyclic) bond motifs is 1. The van der Waals surface area contributed by atoms with Crippen molar-refractivity contribution in [1.29, 1.82) is 0 Å². The number of anilines is 2. The van der Waals surface area contributed by atoms with E-state index in [4.69, 9.17) is 4.74 Å². The number of ether oxygens (including phenoxy) is 1. The molecule has 2 aromatic carbocycles. The van der Waals surface area contributed by atoms with Crippen molar-refractivity contribution in [3.8, 4) is 0 Å². The van der Waals surface area contributed by atoms with Crippen molar-refractivity contribution in [2.24, 2.45) is 0 Å². The first-order valence-corrected chi connectivity index (χ1v) is 10.1. The number of nitrogens with zero attached hydrogens (tertiary/aromatic N) is 2. The van der Waals surface area contributed by atoms with Crippen LogP contribution in [0.1, 0.15) is 32.7 Å². The van der Waals surface area contributed by atoms with Crippen LogP contribution in [-0.2, 0) is 4.74 Å². The standard InChI is InChI=1S/C20H17F2IN2O4/c1-10-6-11(23)2-3-15(10)25-9-29-20(28)14-7-13(16(21)17(22)18(14)25)19(27)24-5-4-12(26)8-24/h2-3,6-7,12,26H,4-5,8-9H2,1H3. The number of hydrogen-bond acceptors (Lipinski definition) is 5. The minimum atomic E-state index is -1.32. The predicted octanol–water partition coefficient (Wildman–Crippen LogP) is 3.35. The van der Waals surface area contributed by atoms with Crippen LogP contribution in [0.4, 0.5) is 20.2 Å². The second kappa shape index (κ2) is 7.52. The van der Waals surface area contributed by atoms with E-state index in [9.17, 15) is 19.1 Å². The SMILES string of the molecule is Cc1cc(I)ccc1N1COC(=O)c2cc(C(=O)N3CCC(O)C3)c(F)c(F)c21. The van der Waals surface area contributed by atoms with Crippen LogP contribution in [0.5, 0.6) is 0 Å². The van der Waals surface area contributed by atoms with Gasteiger partial charge in [-0.2, -0.15) is 0 Å². The van der Waals surface area contributed by atoms with E-state index in [1.54, 1.807) is 6.07 Å². The maximum atomic E-state index is 15.1. The topological polar surface area (TPSA) is 70.1 Å². The summed E-state index contributed by atoms with van der Waals surface area (Å²) in [6.45, 7) is 1.82. The van der Waals surface area contributed by atoms with Gasteiger partial charge in [-0.05, 0) is 65.8 Å². The predicted molar refractivity (Wildman–Crippen MR) is 109 cm³/mol. The van der Waals surface area contributed by atoms with Crippen LogP contribution in [0.15, 0.2) is 24.3 Å². The molecule has 152 valence electrons. The number of halogens is 3. The van der Waals surface area contributed by atoms with Gasteiger partial charge >= 0.3 is 5.97 Å². The average molecular weight is 514 g/mol. The molecule has 6 nitrogen and oxygen atoms in total. The van der Waals surface area contributed by atoms with Crippen molar-refractivity contribution in [2.45, 2.75) is 19.4 Å². The molecule has 0 saturated carbocycles. The summed E-state index contributed by atoms with van der Waals surface area (Å²) in [5.41, 5.74) is 0.358. The molecule has 0 spiro atoms. The van der Waals surface area contributed by atoms with Crippen LogP contribution in [0.2, 0.25) is 0 Å². The third-order valence-electron chi connectivity index (χ3n) is 5.13. The first-order valence-electron chi connectivity index (χ1n) is 8.98. The molecular weight excluding hydrogens is 497 g/mol. The molecular formula is C20H17F2IN2O4. The molecule has 1 amide bonds. The molecule has 2 aliphatic rings. The average Bonchev–Trinajstić information content (AvgIpc) is 3.11. The quantitative estimate of drug-likeness (QED) is 0.492. The van der Waals surface area contributed by atoms with Gasteiger partial charge in [-0.25, -0.2) is 13.6 Å². The monoisotopic (exact) mass is 514 g/mol. The van der Waals surface area contributed by atoms with Gasteiger partial charge < -0.3 is 19.6 Å². The van der Waals surface area contributed by atoms with E-state index < -0.39 is 35.2 Å². The zero-order chi connectivity index (χ0) is 20.9. The molecule has 0 aliphatic carbocycles. The molecule has 1 atom stereocenters. The molecule has 1 fully saturated rings. The fourth-order valence-electron chi connectivity index (χ4n) is 3.67. The van der Waals surface area contributed by atoms with Crippen molar-refractivity contribution in [3.63, 3.8) is 0 Å². The zero-order valence-electron chi connectivity index (χ0n) is 15.4. The zero-order valence-corrected chi connectivity index (χ0v) is 17.6. The number of aliphatic hydroxyl groups is 1. The van der Waals surface area contributed by atoms with E-state index in [1.165, 1.54) is 9.80 Å². The molecule has 2 heterocycles. The lowest BCUT2D eigenvalue weighted by molar-refractivity contribution is 0.0491. The Morgan fingerprint density at radius 2 is 2.03 bits per heavy atom. The van der Waals surface area contributed by atoms with Crippen LogP contribution < -0.4 is 4.90 Å². The highest BCUT2D eigenvalue weighted by Crippen LogP contribution is 2.39.